The fraction of sp³-hybridized carbons (Fsp3) is 1.00. The number of hydrogen-bond acceptors (Lipinski definition) is 1. The van der Waals surface area contributed by atoms with Crippen molar-refractivity contribution < 1.29 is 5.11 Å². The lowest BCUT2D eigenvalue weighted by Crippen LogP contribution is -2.11. The van der Waals surface area contributed by atoms with Gasteiger partial charge in [0.2, 0.25) is 0 Å². The predicted molar refractivity (Wildman–Crippen MR) is 28.1 cm³/mol. The van der Waals surface area contributed by atoms with Crippen LogP contribution in [-0.4, -0.2) is 17.4 Å². The molecular weight excluding hydrogens is 131 g/mol. The highest BCUT2D eigenvalue weighted by molar-refractivity contribution is 9.10. The maximum absolute atomic E-state index is 8.44. The molecule has 1 atom stereocenters. The van der Waals surface area contributed by atoms with Crippen molar-refractivity contribution in [2.45, 2.75) is 11.3 Å². The highest BCUT2D eigenvalue weighted by Crippen LogP contribution is 2.03. The lowest BCUT2D eigenvalue weighted by atomic mass is 10.0. The largest absolute Gasteiger partial charge is 0.388 e. The summed E-state index contributed by atoms with van der Waals surface area (Å²) in [5, 5.41) is 8.44. The van der Waals surface area contributed by atoms with Crippen molar-refractivity contribution in [1.82, 2.24) is 0 Å². The monoisotopic (exact) mass is 136 g/mol. The van der Waals surface area contributed by atoms with Crippen LogP contribution in [0.4, 0.5) is 0 Å². The smallest absolute Gasteiger partial charge is 0.156 e. The van der Waals surface area contributed by atoms with Gasteiger partial charge in [0.05, 0.1) is 4.41 Å². The van der Waals surface area contributed by atoms with E-state index in [1.165, 1.54) is 0 Å². The molecule has 0 aliphatic carbocycles. The Bertz CT molecular complexity index is 25.1. The van der Waals surface area contributed by atoms with Gasteiger partial charge in [-0.1, -0.05) is 15.9 Å². The molecule has 0 rings (SSSR count). The van der Waals surface area contributed by atoms with Gasteiger partial charge in [-0.15, -0.1) is 0 Å². The van der Waals surface area contributed by atoms with E-state index < -0.39 is 4.41 Å². The van der Waals surface area contributed by atoms with E-state index in [4.69, 9.17) is 5.11 Å². The normalized spacial score (nSPS) is 21.4. The molecule has 1 unspecified atom stereocenters. The van der Waals surface area contributed by atoms with E-state index in [9.17, 15) is 0 Å². The van der Waals surface area contributed by atoms with Gasteiger partial charge in [-0.25, -0.2) is 0 Å². The molecule has 0 saturated heterocycles. The predicted octanol–water partition coefficient (Wildman–Crippen LogP) is -0.320. The Balaban J connectivity index is 3.02. The average molecular weight is 137 g/mol. The van der Waals surface area contributed by atoms with Crippen LogP contribution >= 0.6 is 15.9 Å². The third-order valence-electron chi connectivity index (χ3n) is 0. The van der Waals surface area contributed by atoms with Crippen molar-refractivity contribution in [2.75, 3.05) is 0 Å². The summed E-state index contributed by atoms with van der Waals surface area (Å²) < 4.78 is -0.688. The van der Waals surface area contributed by atoms with E-state index in [0.29, 0.717) is 0 Å². The molecule has 0 aliphatic heterocycles. The van der Waals surface area contributed by atoms with Crippen molar-refractivity contribution in [3.63, 3.8) is 0 Å². The first-order valence-corrected chi connectivity index (χ1v) is 2.21. The molecule has 0 bridgehead atoms. The second-order valence-electron chi connectivity index (χ2n) is 1.41. The minimum Gasteiger partial charge on any atom is -0.388 e. The topological polar surface area (TPSA) is 20.2 Å². The van der Waals surface area contributed by atoms with Crippen molar-refractivity contribution in [2.24, 2.45) is 0 Å². The highest BCUT2D eigenvalue weighted by atomic mass is 79.9. The van der Waals surface area contributed by atoms with Crippen molar-refractivity contribution in [3.05, 3.63) is 0 Å². The zero-order chi connectivity index (χ0) is 4.50. The summed E-state index contributed by atoms with van der Waals surface area (Å²) in [4.78, 5) is 0. The van der Waals surface area contributed by atoms with Crippen molar-refractivity contribution in [1.29, 1.82) is 0 Å². The summed E-state index contributed by atoms with van der Waals surface area (Å²) in [5.41, 5.74) is 0. The van der Waals surface area contributed by atoms with Crippen molar-refractivity contribution >= 4 is 23.8 Å². The molecule has 0 amide bonds. The van der Waals surface area contributed by atoms with Crippen LogP contribution in [0.5, 0.6) is 0 Å². The molecule has 0 aromatic carbocycles. The van der Waals surface area contributed by atoms with Crippen molar-refractivity contribution in [3.8, 4) is 0 Å². The summed E-state index contributed by atoms with van der Waals surface area (Å²) in [6.45, 7) is 1.66. The number of alkyl halides is 1. The molecule has 0 radical (unpaired) electrons. The number of rotatable bonds is 0. The van der Waals surface area contributed by atoms with E-state index >= 15 is 0 Å². The van der Waals surface area contributed by atoms with Crippen LogP contribution in [0, 0.1) is 0 Å². The number of aliphatic hydroxyl groups is 1. The molecule has 0 aliphatic rings. The second kappa shape index (κ2) is 1.31. The molecule has 30 valence electrons. The molecule has 5 heavy (non-hydrogen) atoms. The second-order valence-corrected chi connectivity index (χ2v) is 3.35. The lowest BCUT2D eigenvalue weighted by Gasteiger charge is -2.01. The molecule has 0 saturated carbocycles. The Hall–Kier alpha value is 0.505. The van der Waals surface area contributed by atoms with E-state index in [-0.39, 0.29) is 0 Å². The first-order chi connectivity index (χ1) is 2.00. The van der Waals surface area contributed by atoms with Crippen LogP contribution in [0.2, 0.25) is 0 Å². The van der Waals surface area contributed by atoms with Gasteiger partial charge in [-0.3, -0.25) is 0 Å². The summed E-state index contributed by atoms with van der Waals surface area (Å²) in [5.74, 6) is 0. The first kappa shape index (κ1) is 5.50. The summed E-state index contributed by atoms with van der Waals surface area (Å²) in [6.07, 6.45) is 0. The van der Waals surface area contributed by atoms with Crippen LogP contribution in [0.25, 0.3) is 0 Å². The molecule has 0 aromatic rings. The Morgan fingerprint density at radius 1 is 2.00 bits per heavy atom. The third-order valence-corrected chi connectivity index (χ3v) is 0. The van der Waals surface area contributed by atoms with E-state index in [1.807, 2.05) is 0 Å². The van der Waals surface area contributed by atoms with Crippen LogP contribution in [0.15, 0.2) is 0 Å². The number of halogens is 1. The molecule has 0 spiro atoms. The van der Waals surface area contributed by atoms with Gasteiger partial charge in [0.1, 0.15) is 0 Å². The average Bonchev–Trinajstić information content (AvgIpc) is 0.722. The summed E-state index contributed by atoms with van der Waals surface area (Å²) in [6, 6.07) is 0. The minimum atomic E-state index is -0.688. The zero-order valence-corrected chi connectivity index (χ0v) is 4.91. The molecule has 3 heteroatoms. The molecule has 1 nitrogen and oxygen atoms in total. The Morgan fingerprint density at radius 2 is 2.00 bits per heavy atom. The Morgan fingerprint density at radius 3 is 2.00 bits per heavy atom. The van der Waals surface area contributed by atoms with Crippen LogP contribution < -0.4 is 0 Å². The van der Waals surface area contributed by atoms with Gasteiger partial charge in [0, 0.05) is 0 Å². The van der Waals surface area contributed by atoms with E-state index in [1.54, 1.807) is 14.8 Å². The van der Waals surface area contributed by atoms with Gasteiger partial charge in [0.15, 0.2) is 7.85 Å². The van der Waals surface area contributed by atoms with Gasteiger partial charge < -0.3 is 5.11 Å². The standard InChI is InChI=1S/C2H6BBrO/c1-2(3,4)5/h5H,3H2,1H3. The summed E-state index contributed by atoms with van der Waals surface area (Å²) in [7, 11) is 1.66. The Labute approximate surface area is 40.9 Å². The third kappa shape index (κ3) is 111. The molecule has 1 N–H and O–H groups in total. The zero-order valence-electron chi connectivity index (χ0n) is 3.33. The molecule has 0 heterocycles. The van der Waals surface area contributed by atoms with Gasteiger partial charge >= 0.3 is 0 Å². The Kier molecular flexibility index (Phi) is 1.44. The van der Waals surface area contributed by atoms with Gasteiger partial charge in [0.25, 0.3) is 0 Å². The lowest BCUT2D eigenvalue weighted by molar-refractivity contribution is 0.250. The quantitative estimate of drug-likeness (QED) is 0.358. The number of hydrogen-bond donors (Lipinski definition) is 1. The minimum absolute atomic E-state index is 0.688. The van der Waals surface area contributed by atoms with Gasteiger partial charge in [-0.05, 0) is 6.92 Å². The fourth-order valence-corrected chi connectivity index (χ4v) is 0. The maximum Gasteiger partial charge on any atom is 0.156 e. The van der Waals surface area contributed by atoms with E-state index in [0.717, 1.165) is 0 Å². The molecule has 0 aromatic heterocycles. The highest BCUT2D eigenvalue weighted by Gasteiger charge is 2.01. The maximum atomic E-state index is 8.44. The molecule has 0 fully saturated rings. The SMILES string of the molecule is BC(C)(O)Br. The fourth-order valence-electron chi connectivity index (χ4n) is 0. The van der Waals surface area contributed by atoms with E-state index in [2.05, 4.69) is 15.9 Å². The first-order valence-electron chi connectivity index (χ1n) is 1.41. The van der Waals surface area contributed by atoms with Gasteiger partial charge in [-0.2, -0.15) is 0 Å². The van der Waals surface area contributed by atoms with Crippen LogP contribution in [0.3, 0.4) is 0 Å². The summed E-state index contributed by atoms with van der Waals surface area (Å²) >= 11 is 2.93. The van der Waals surface area contributed by atoms with Crippen LogP contribution in [-0.2, 0) is 0 Å². The van der Waals surface area contributed by atoms with Crippen LogP contribution in [0.1, 0.15) is 6.92 Å². The molecular formula is C2H6BBrO.